The van der Waals surface area contributed by atoms with E-state index in [0.29, 0.717) is 0 Å². The van der Waals surface area contributed by atoms with Crippen molar-refractivity contribution in [1.29, 1.82) is 0 Å². The van der Waals surface area contributed by atoms with Crippen molar-refractivity contribution in [2.75, 3.05) is 14.2 Å². The standard InChI is InChI=1S/C24H21N3O2/c1-28-19-12-7-17(8-13-19)9-16-23-24(21-5-3-4-6-22(21)25-23)27-26-18-10-14-20(29-2)15-11-18/h3-16,25H,1-2H3/b16-9+,27-26?. The number of rotatable bonds is 6. The van der Waals surface area contributed by atoms with Crippen LogP contribution in [0.5, 0.6) is 11.5 Å². The molecule has 29 heavy (non-hydrogen) atoms. The van der Waals surface area contributed by atoms with Crippen LogP contribution >= 0.6 is 0 Å². The van der Waals surface area contributed by atoms with E-state index in [4.69, 9.17) is 9.47 Å². The maximum Gasteiger partial charge on any atom is 0.119 e. The van der Waals surface area contributed by atoms with Crippen LogP contribution in [0.1, 0.15) is 11.3 Å². The van der Waals surface area contributed by atoms with Crippen LogP contribution in [0.4, 0.5) is 11.4 Å². The van der Waals surface area contributed by atoms with Crippen molar-refractivity contribution >= 4 is 34.4 Å². The molecule has 0 fully saturated rings. The lowest BCUT2D eigenvalue weighted by atomic mass is 10.1. The number of hydrogen-bond donors (Lipinski definition) is 1. The Bertz CT molecular complexity index is 1160. The number of benzene rings is 3. The number of methoxy groups -OCH3 is 2. The van der Waals surface area contributed by atoms with Gasteiger partial charge >= 0.3 is 0 Å². The summed E-state index contributed by atoms with van der Waals surface area (Å²) in [6.07, 6.45) is 4.06. The minimum Gasteiger partial charge on any atom is -0.497 e. The van der Waals surface area contributed by atoms with Gasteiger partial charge in [0.1, 0.15) is 17.2 Å². The number of para-hydroxylation sites is 1. The van der Waals surface area contributed by atoms with Crippen LogP contribution in [0.2, 0.25) is 0 Å². The lowest BCUT2D eigenvalue weighted by Gasteiger charge is -1.99. The maximum atomic E-state index is 5.21. The molecule has 0 saturated heterocycles. The third-order valence-corrected chi connectivity index (χ3v) is 4.60. The molecule has 0 spiro atoms. The quantitative estimate of drug-likeness (QED) is 0.373. The zero-order chi connectivity index (χ0) is 20.1. The summed E-state index contributed by atoms with van der Waals surface area (Å²) in [6, 6.07) is 23.5. The molecule has 0 aliphatic rings. The van der Waals surface area contributed by atoms with Crippen molar-refractivity contribution in [1.82, 2.24) is 4.98 Å². The first-order chi connectivity index (χ1) is 14.3. The van der Waals surface area contributed by atoms with Crippen molar-refractivity contribution in [3.05, 3.63) is 84.1 Å². The molecule has 4 rings (SSSR count). The number of hydrogen-bond acceptors (Lipinski definition) is 4. The van der Waals surface area contributed by atoms with Crippen LogP contribution in [0.3, 0.4) is 0 Å². The Hall–Kier alpha value is -3.86. The summed E-state index contributed by atoms with van der Waals surface area (Å²) in [5.74, 6) is 1.63. The predicted molar refractivity (Wildman–Crippen MR) is 117 cm³/mol. The molecule has 0 radical (unpaired) electrons. The van der Waals surface area contributed by atoms with Gasteiger partial charge in [0.25, 0.3) is 0 Å². The zero-order valence-corrected chi connectivity index (χ0v) is 16.3. The van der Waals surface area contributed by atoms with Crippen molar-refractivity contribution in [2.45, 2.75) is 0 Å². The van der Waals surface area contributed by atoms with E-state index >= 15 is 0 Å². The van der Waals surface area contributed by atoms with Crippen molar-refractivity contribution in [3.63, 3.8) is 0 Å². The fraction of sp³-hybridized carbons (Fsp3) is 0.0833. The second-order valence-corrected chi connectivity index (χ2v) is 6.44. The number of H-pyrrole nitrogens is 1. The third kappa shape index (κ3) is 4.19. The summed E-state index contributed by atoms with van der Waals surface area (Å²) in [6.45, 7) is 0. The van der Waals surface area contributed by atoms with Crippen LogP contribution in [0.15, 0.2) is 83.0 Å². The highest BCUT2D eigenvalue weighted by Crippen LogP contribution is 2.33. The van der Waals surface area contributed by atoms with Gasteiger partial charge < -0.3 is 14.5 Å². The molecule has 0 bridgehead atoms. The number of aromatic amines is 1. The number of azo groups is 1. The summed E-state index contributed by atoms with van der Waals surface area (Å²) >= 11 is 0. The Kier molecular flexibility index (Phi) is 5.38. The summed E-state index contributed by atoms with van der Waals surface area (Å²) in [4.78, 5) is 3.43. The molecule has 4 aromatic rings. The SMILES string of the molecule is COc1ccc(/C=C/c2[nH]c3ccccc3c2N=Nc2ccc(OC)cc2)cc1. The van der Waals surface area contributed by atoms with Crippen molar-refractivity contribution < 1.29 is 9.47 Å². The Balaban J connectivity index is 1.67. The van der Waals surface area contributed by atoms with Gasteiger partial charge in [-0.2, -0.15) is 5.11 Å². The number of nitrogens with one attached hydrogen (secondary N) is 1. The Morgan fingerprint density at radius 2 is 1.38 bits per heavy atom. The predicted octanol–water partition coefficient (Wildman–Crippen LogP) is 6.77. The molecule has 0 aliphatic carbocycles. The Labute approximate surface area is 169 Å². The van der Waals surface area contributed by atoms with Crippen LogP contribution in [0, 0.1) is 0 Å². The van der Waals surface area contributed by atoms with E-state index < -0.39 is 0 Å². The molecule has 0 saturated carbocycles. The zero-order valence-electron chi connectivity index (χ0n) is 16.3. The van der Waals surface area contributed by atoms with E-state index in [2.05, 4.69) is 15.2 Å². The highest BCUT2D eigenvalue weighted by molar-refractivity contribution is 5.96. The van der Waals surface area contributed by atoms with Gasteiger partial charge in [0.05, 0.1) is 25.6 Å². The molecular weight excluding hydrogens is 362 g/mol. The monoisotopic (exact) mass is 383 g/mol. The first kappa shape index (κ1) is 18.5. The molecule has 1 heterocycles. The van der Waals surface area contributed by atoms with Gasteiger partial charge in [-0.25, -0.2) is 0 Å². The van der Waals surface area contributed by atoms with Gasteiger partial charge in [-0.1, -0.05) is 36.4 Å². The van der Waals surface area contributed by atoms with Gasteiger partial charge in [-0.15, -0.1) is 5.11 Å². The second-order valence-electron chi connectivity index (χ2n) is 6.44. The van der Waals surface area contributed by atoms with Gasteiger partial charge in [0.15, 0.2) is 0 Å². The maximum absolute atomic E-state index is 5.21. The summed E-state index contributed by atoms with van der Waals surface area (Å²) < 4.78 is 10.4. The number of fused-ring (bicyclic) bond motifs is 1. The molecule has 0 atom stereocenters. The molecule has 0 unspecified atom stereocenters. The Morgan fingerprint density at radius 3 is 2.07 bits per heavy atom. The van der Waals surface area contributed by atoms with Gasteiger partial charge in [-0.3, -0.25) is 0 Å². The molecule has 144 valence electrons. The van der Waals surface area contributed by atoms with Crippen LogP contribution in [0.25, 0.3) is 23.1 Å². The summed E-state index contributed by atoms with van der Waals surface area (Å²) in [5, 5.41) is 9.98. The Morgan fingerprint density at radius 1 is 0.724 bits per heavy atom. The third-order valence-electron chi connectivity index (χ3n) is 4.60. The van der Waals surface area contributed by atoms with Crippen LogP contribution in [-0.4, -0.2) is 19.2 Å². The molecule has 3 aromatic carbocycles. The van der Waals surface area contributed by atoms with Gasteiger partial charge in [0.2, 0.25) is 0 Å². The van der Waals surface area contributed by atoms with Crippen LogP contribution in [-0.2, 0) is 0 Å². The average Bonchev–Trinajstić information content (AvgIpc) is 3.14. The highest BCUT2D eigenvalue weighted by atomic mass is 16.5. The molecule has 5 heteroatoms. The highest BCUT2D eigenvalue weighted by Gasteiger charge is 2.08. The van der Waals surface area contributed by atoms with Crippen molar-refractivity contribution in [3.8, 4) is 11.5 Å². The number of aromatic nitrogens is 1. The smallest absolute Gasteiger partial charge is 0.119 e. The first-order valence-corrected chi connectivity index (χ1v) is 9.25. The normalized spacial score (nSPS) is 11.5. The van der Waals surface area contributed by atoms with Crippen molar-refractivity contribution in [2.24, 2.45) is 10.2 Å². The van der Waals surface area contributed by atoms with Crippen LogP contribution < -0.4 is 9.47 Å². The summed E-state index contributed by atoms with van der Waals surface area (Å²) in [5.41, 5.74) is 4.56. The lowest BCUT2D eigenvalue weighted by molar-refractivity contribution is 0.414. The van der Waals surface area contributed by atoms with Gasteiger partial charge in [-0.05, 0) is 54.1 Å². The average molecular weight is 383 g/mol. The topological polar surface area (TPSA) is 59.0 Å². The first-order valence-electron chi connectivity index (χ1n) is 9.25. The van der Waals surface area contributed by atoms with E-state index in [1.165, 1.54) is 0 Å². The molecule has 0 aliphatic heterocycles. The fourth-order valence-corrected chi connectivity index (χ4v) is 3.03. The van der Waals surface area contributed by atoms with E-state index in [0.717, 1.165) is 45.0 Å². The second kappa shape index (κ2) is 8.44. The van der Waals surface area contributed by atoms with E-state index in [1.807, 2.05) is 84.9 Å². The largest absolute Gasteiger partial charge is 0.497 e. The minimum absolute atomic E-state index is 0.765. The molecular formula is C24H21N3O2. The molecule has 1 N–H and O–H groups in total. The minimum atomic E-state index is 0.765. The summed E-state index contributed by atoms with van der Waals surface area (Å²) in [7, 11) is 3.30. The van der Waals surface area contributed by atoms with E-state index in [9.17, 15) is 0 Å². The molecule has 0 amide bonds. The number of ether oxygens (including phenoxy) is 2. The fourth-order valence-electron chi connectivity index (χ4n) is 3.03. The van der Waals surface area contributed by atoms with E-state index in [-0.39, 0.29) is 0 Å². The van der Waals surface area contributed by atoms with E-state index in [1.54, 1.807) is 14.2 Å². The lowest BCUT2D eigenvalue weighted by Crippen LogP contribution is -1.81. The van der Waals surface area contributed by atoms with Gasteiger partial charge in [0, 0.05) is 10.9 Å². The number of nitrogens with zero attached hydrogens (tertiary/aromatic N) is 2. The molecule has 5 nitrogen and oxygen atoms in total. The molecule has 1 aromatic heterocycles.